The fraction of sp³-hybridized carbons (Fsp3) is 0.571. The number of amides is 2. The number of carboxylic acid groups (broad SMARTS) is 1. The summed E-state index contributed by atoms with van der Waals surface area (Å²) in [4.78, 5) is 24.6. The standard InChI is InChI=1S/C14H20N2O4/c1-16(9-12-6-3-7-20-12)14(19)15-11-5-2-4-10(8-11)13(17)18/h3,6-7,10-11H,2,4-5,8-9H2,1H3,(H,15,19)(H,17,18). The van der Waals surface area contributed by atoms with Crippen LogP contribution in [0.5, 0.6) is 0 Å². The molecule has 2 amide bonds. The van der Waals surface area contributed by atoms with Crippen LogP contribution in [0.4, 0.5) is 4.79 Å². The summed E-state index contributed by atoms with van der Waals surface area (Å²) in [6, 6.07) is 3.33. The van der Waals surface area contributed by atoms with Gasteiger partial charge in [0.1, 0.15) is 5.76 Å². The molecule has 1 fully saturated rings. The molecule has 0 aliphatic heterocycles. The van der Waals surface area contributed by atoms with E-state index < -0.39 is 5.97 Å². The van der Waals surface area contributed by atoms with Gasteiger partial charge in [0.15, 0.2) is 0 Å². The van der Waals surface area contributed by atoms with Crippen molar-refractivity contribution in [3.05, 3.63) is 24.2 Å². The van der Waals surface area contributed by atoms with Crippen LogP contribution in [-0.2, 0) is 11.3 Å². The van der Waals surface area contributed by atoms with Crippen molar-refractivity contribution in [2.45, 2.75) is 38.3 Å². The first-order chi connectivity index (χ1) is 9.56. The van der Waals surface area contributed by atoms with Crippen LogP contribution in [0.2, 0.25) is 0 Å². The number of rotatable bonds is 4. The molecular weight excluding hydrogens is 260 g/mol. The van der Waals surface area contributed by atoms with Crippen LogP contribution < -0.4 is 5.32 Å². The van der Waals surface area contributed by atoms with Crippen LogP contribution in [0.1, 0.15) is 31.4 Å². The van der Waals surface area contributed by atoms with E-state index in [2.05, 4.69) is 5.32 Å². The molecule has 0 radical (unpaired) electrons. The molecule has 2 rings (SSSR count). The van der Waals surface area contributed by atoms with Gasteiger partial charge in [0.25, 0.3) is 0 Å². The lowest BCUT2D eigenvalue weighted by Crippen LogP contribution is -2.45. The second kappa shape index (κ2) is 6.45. The van der Waals surface area contributed by atoms with Crippen LogP contribution >= 0.6 is 0 Å². The van der Waals surface area contributed by atoms with Gasteiger partial charge in [-0.1, -0.05) is 6.42 Å². The molecule has 1 heterocycles. The Bertz CT molecular complexity index is 458. The SMILES string of the molecule is CN(Cc1ccco1)C(=O)NC1CCCC(C(=O)O)C1. The van der Waals surface area contributed by atoms with Crippen molar-refractivity contribution in [2.75, 3.05) is 7.05 Å². The first-order valence-corrected chi connectivity index (χ1v) is 6.83. The predicted molar refractivity (Wildman–Crippen MR) is 72.1 cm³/mol. The Kier molecular flexibility index (Phi) is 4.65. The predicted octanol–water partition coefficient (Wildman–Crippen LogP) is 2.06. The Morgan fingerprint density at radius 1 is 1.50 bits per heavy atom. The Balaban J connectivity index is 1.82. The van der Waals surface area contributed by atoms with Crippen molar-refractivity contribution in [3.63, 3.8) is 0 Å². The maximum Gasteiger partial charge on any atom is 0.317 e. The lowest BCUT2D eigenvalue weighted by molar-refractivity contribution is -0.143. The van der Waals surface area contributed by atoms with Gasteiger partial charge in [-0.05, 0) is 31.4 Å². The van der Waals surface area contributed by atoms with Crippen molar-refractivity contribution in [3.8, 4) is 0 Å². The monoisotopic (exact) mass is 280 g/mol. The topological polar surface area (TPSA) is 82.8 Å². The number of hydrogen-bond donors (Lipinski definition) is 2. The highest BCUT2D eigenvalue weighted by Crippen LogP contribution is 2.24. The number of aliphatic carboxylic acids is 1. The minimum Gasteiger partial charge on any atom is -0.481 e. The fourth-order valence-corrected chi connectivity index (χ4v) is 2.54. The number of carbonyl (C=O) groups excluding carboxylic acids is 1. The summed E-state index contributed by atoms with van der Waals surface area (Å²) in [5.41, 5.74) is 0. The molecule has 2 unspecified atom stereocenters. The maximum atomic E-state index is 12.0. The average molecular weight is 280 g/mol. The number of carbonyl (C=O) groups is 2. The second-order valence-corrected chi connectivity index (χ2v) is 5.28. The molecule has 0 aromatic carbocycles. The van der Waals surface area contributed by atoms with Gasteiger partial charge in [0.05, 0.1) is 18.7 Å². The number of furan rings is 1. The van der Waals surface area contributed by atoms with Crippen LogP contribution in [0.15, 0.2) is 22.8 Å². The average Bonchev–Trinajstić information content (AvgIpc) is 2.91. The van der Waals surface area contributed by atoms with Gasteiger partial charge in [0, 0.05) is 13.1 Å². The van der Waals surface area contributed by atoms with E-state index in [1.165, 1.54) is 4.90 Å². The van der Waals surface area contributed by atoms with E-state index in [0.717, 1.165) is 18.6 Å². The molecule has 6 heteroatoms. The van der Waals surface area contributed by atoms with Crippen molar-refractivity contribution in [2.24, 2.45) is 5.92 Å². The van der Waals surface area contributed by atoms with Crippen molar-refractivity contribution < 1.29 is 19.1 Å². The molecule has 1 saturated carbocycles. The first-order valence-electron chi connectivity index (χ1n) is 6.83. The third kappa shape index (κ3) is 3.76. The summed E-state index contributed by atoms with van der Waals surface area (Å²) in [5, 5.41) is 11.9. The zero-order valence-electron chi connectivity index (χ0n) is 11.5. The summed E-state index contributed by atoms with van der Waals surface area (Å²) < 4.78 is 5.19. The number of urea groups is 1. The van der Waals surface area contributed by atoms with Crippen molar-refractivity contribution in [1.29, 1.82) is 0 Å². The smallest absolute Gasteiger partial charge is 0.317 e. The minimum atomic E-state index is -0.770. The largest absolute Gasteiger partial charge is 0.481 e. The van der Waals surface area contributed by atoms with E-state index >= 15 is 0 Å². The lowest BCUT2D eigenvalue weighted by Gasteiger charge is -2.29. The number of carboxylic acids is 1. The second-order valence-electron chi connectivity index (χ2n) is 5.28. The number of nitrogens with one attached hydrogen (secondary N) is 1. The highest BCUT2D eigenvalue weighted by molar-refractivity contribution is 5.74. The first kappa shape index (κ1) is 14.4. The molecule has 2 N–H and O–H groups in total. The van der Waals surface area contributed by atoms with Gasteiger partial charge in [-0.2, -0.15) is 0 Å². The molecule has 0 spiro atoms. The van der Waals surface area contributed by atoms with Crippen LogP contribution in [0.3, 0.4) is 0 Å². The third-order valence-electron chi connectivity index (χ3n) is 3.67. The van der Waals surface area contributed by atoms with E-state index in [0.29, 0.717) is 19.4 Å². The maximum absolute atomic E-state index is 12.0. The lowest BCUT2D eigenvalue weighted by atomic mass is 9.86. The minimum absolute atomic E-state index is 0.0589. The molecule has 1 aliphatic rings. The quantitative estimate of drug-likeness (QED) is 0.884. The van der Waals surface area contributed by atoms with Gasteiger partial charge in [0.2, 0.25) is 0 Å². The summed E-state index contributed by atoms with van der Waals surface area (Å²) in [7, 11) is 1.69. The molecule has 0 saturated heterocycles. The Labute approximate surface area is 117 Å². The number of nitrogens with zero attached hydrogens (tertiary/aromatic N) is 1. The molecule has 2 atom stereocenters. The zero-order chi connectivity index (χ0) is 14.5. The Morgan fingerprint density at radius 2 is 2.30 bits per heavy atom. The van der Waals surface area contributed by atoms with E-state index in [-0.39, 0.29) is 18.0 Å². The summed E-state index contributed by atoms with van der Waals surface area (Å²) >= 11 is 0. The molecule has 1 aromatic rings. The summed E-state index contributed by atoms with van der Waals surface area (Å²) in [6.45, 7) is 0.397. The van der Waals surface area contributed by atoms with Gasteiger partial charge in [-0.15, -0.1) is 0 Å². The van der Waals surface area contributed by atoms with E-state index in [9.17, 15) is 9.59 Å². The van der Waals surface area contributed by atoms with Crippen LogP contribution in [0.25, 0.3) is 0 Å². The van der Waals surface area contributed by atoms with Crippen LogP contribution in [0, 0.1) is 5.92 Å². The van der Waals surface area contributed by atoms with E-state index in [1.807, 2.05) is 6.07 Å². The molecule has 110 valence electrons. The molecule has 1 aliphatic carbocycles. The third-order valence-corrected chi connectivity index (χ3v) is 3.67. The van der Waals surface area contributed by atoms with E-state index in [1.54, 1.807) is 19.4 Å². The molecule has 1 aromatic heterocycles. The Morgan fingerprint density at radius 3 is 2.95 bits per heavy atom. The molecule has 20 heavy (non-hydrogen) atoms. The zero-order valence-corrected chi connectivity index (χ0v) is 11.5. The van der Waals surface area contributed by atoms with Gasteiger partial charge < -0.3 is 19.7 Å². The van der Waals surface area contributed by atoms with Crippen LogP contribution in [-0.4, -0.2) is 35.1 Å². The normalized spacial score (nSPS) is 22.2. The number of hydrogen-bond acceptors (Lipinski definition) is 3. The summed E-state index contributed by atoms with van der Waals surface area (Å²) in [6.07, 6.45) is 4.45. The highest BCUT2D eigenvalue weighted by atomic mass is 16.4. The molecular formula is C14H20N2O4. The van der Waals surface area contributed by atoms with Crippen molar-refractivity contribution in [1.82, 2.24) is 10.2 Å². The van der Waals surface area contributed by atoms with E-state index in [4.69, 9.17) is 9.52 Å². The summed E-state index contributed by atoms with van der Waals surface area (Å²) in [5.74, 6) is -0.396. The highest BCUT2D eigenvalue weighted by Gasteiger charge is 2.28. The Hall–Kier alpha value is -1.98. The van der Waals surface area contributed by atoms with Gasteiger partial charge >= 0.3 is 12.0 Å². The molecule has 6 nitrogen and oxygen atoms in total. The van der Waals surface area contributed by atoms with Gasteiger partial charge in [-0.25, -0.2) is 4.79 Å². The molecule has 0 bridgehead atoms. The van der Waals surface area contributed by atoms with Gasteiger partial charge in [-0.3, -0.25) is 4.79 Å². The van der Waals surface area contributed by atoms with Crippen molar-refractivity contribution >= 4 is 12.0 Å². The fourth-order valence-electron chi connectivity index (χ4n) is 2.54.